The Morgan fingerprint density at radius 3 is 1.67 bits per heavy atom. The van der Waals surface area contributed by atoms with Gasteiger partial charge in [0, 0.05) is 14.1 Å². The number of hydrogen-bond acceptors (Lipinski definition) is 2. The van der Waals surface area contributed by atoms with Crippen molar-refractivity contribution in [1.29, 1.82) is 0 Å². The topological polar surface area (TPSA) is 37.4 Å². The average molecular weight is 153 g/mol. The molecule has 0 saturated heterocycles. The quantitative estimate of drug-likeness (QED) is 0.580. The molecule has 0 rings (SSSR count). The molecule has 0 aliphatic carbocycles. The lowest BCUT2D eigenvalue weighted by molar-refractivity contribution is 0.522. The van der Waals surface area contributed by atoms with Gasteiger partial charge in [-0.1, -0.05) is 7.43 Å². The van der Waals surface area contributed by atoms with Crippen LogP contribution in [0.2, 0.25) is 0 Å². The van der Waals surface area contributed by atoms with Gasteiger partial charge in [-0.05, 0) is 6.92 Å². The molecule has 58 valence electrons. The highest BCUT2D eigenvalue weighted by atomic mass is 32.2. The zero-order chi connectivity index (χ0) is 6.78. The van der Waals surface area contributed by atoms with Crippen LogP contribution in [0.4, 0.5) is 0 Å². The number of nitrogens with zero attached hydrogens (tertiary/aromatic N) is 1. The molecule has 0 aliphatic rings. The molecule has 0 aromatic carbocycles. The zero-order valence-electron chi connectivity index (χ0n) is 5.38. The predicted molar refractivity (Wildman–Crippen MR) is 39.9 cm³/mol. The SMILES string of the molecule is C.CCS(=O)(=O)N(C)C. The smallest absolute Gasteiger partial charge is 0.212 e. The molecule has 0 spiro atoms. The lowest BCUT2D eigenvalue weighted by Gasteiger charge is -2.06. The van der Waals surface area contributed by atoms with E-state index in [1.165, 1.54) is 18.4 Å². The Morgan fingerprint density at radius 2 is 1.67 bits per heavy atom. The van der Waals surface area contributed by atoms with Gasteiger partial charge in [-0.25, -0.2) is 12.7 Å². The summed E-state index contributed by atoms with van der Waals surface area (Å²) in [5.41, 5.74) is 0. The minimum Gasteiger partial charge on any atom is -0.212 e. The summed E-state index contributed by atoms with van der Waals surface area (Å²) in [7, 11) is 0.150. The molecule has 0 aromatic heterocycles. The highest BCUT2D eigenvalue weighted by Crippen LogP contribution is 1.90. The van der Waals surface area contributed by atoms with E-state index in [1.807, 2.05) is 0 Å². The standard InChI is InChI=1S/C4H11NO2S.CH4/c1-4-8(6,7)5(2)3;/h4H2,1-3H3;1H4. The van der Waals surface area contributed by atoms with Crippen molar-refractivity contribution in [3.63, 3.8) is 0 Å². The molecule has 0 bridgehead atoms. The van der Waals surface area contributed by atoms with Crippen molar-refractivity contribution in [2.45, 2.75) is 14.4 Å². The maximum absolute atomic E-state index is 10.6. The van der Waals surface area contributed by atoms with Gasteiger partial charge in [0.25, 0.3) is 0 Å². The maximum atomic E-state index is 10.6. The molecule has 0 aromatic rings. The molecule has 0 N–H and O–H groups in total. The van der Waals surface area contributed by atoms with E-state index in [1.54, 1.807) is 6.92 Å². The van der Waals surface area contributed by atoms with Gasteiger partial charge in [-0.15, -0.1) is 0 Å². The summed E-state index contributed by atoms with van der Waals surface area (Å²) in [5, 5.41) is 0. The van der Waals surface area contributed by atoms with Crippen molar-refractivity contribution in [3.05, 3.63) is 0 Å². The van der Waals surface area contributed by atoms with E-state index in [2.05, 4.69) is 0 Å². The molecule has 0 saturated carbocycles. The minimum absolute atomic E-state index is 0. The molecular weight excluding hydrogens is 138 g/mol. The molecule has 3 nitrogen and oxygen atoms in total. The molecule has 0 radical (unpaired) electrons. The summed E-state index contributed by atoms with van der Waals surface area (Å²) in [6, 6.07) is 0. The van der Waals surface area contributed by atoms with Gasteiger partial charge in [0.05, 0.1) is 5.75 Å². The summed E-state index contributed by atoms with van der Waals surface area (Å²) in [6.45, 7) is 1.62. The normalized spacial score (nSPS) is 11.1. The third kappa shape index (κ3) is 3.48. The van der Waals surface area contributed by atoms with Crippen molar-refractivity contribution in [1.82, 2.24) is 4.31 Å². The first-order valence-electron chi connectivity index (χ1n) is 2.41. The fraction of sp³-hybridized carbons (Fsp3) is 1.00. The molecule has 0 unspecified atom stereocenters. The molecule has 4 heteroatoms. The van der Waals surface area contributed by atoms with Crippen molar-refractivity contribution in [3.8, 4) is 0 Å². The first kappa shape index (κ1) is 11.7. The molecule has 0 amide bonds. The van der Waals surface area contributed by atoms with Crippen molar-refractivity contribution in [2.24, 2.45) is 0 Å². The van der Waals surface area contributed by atoms with E-state index in [0.717, 1.165) is 0 Å². The lowest BCUT2D eigenvalue weighted by atomic mass is 11.0. The highest BCUT2D eigenvalue weighted by Gasteiger charge is 2.07. The number of sulfonamides is 1. The monoisotopic (exact) mass is 153 g/mol. The Hall–Kier alpha value is -0.0900. The highest BCUT2D eigenvalue weighted by molar-refractivity contribution is 7.89. The maximum Gasteiger partial charge on any atom is 0.213 e. The van der Waals surface area contributed by atoms with Gasteiger partial charge in [-0.3, -0.25) is 0 Å². The lowest BCUT2D eigenvalue weighted by Crippen LogP contribution is -2.23. The molecule has 0 fully saturated rings. The molecule has 0 aliphatic heterocycles. The van der Waals surface area contributed by atoms with Gasteiger partial charge in [0.15, 0.2) is 0 Å². The average Bonchev–Trinajstić information content (AvgIpc) is 1.67. The van der Waals surface area contributed by atoms with Crippen LogP contribution in [0.5, 0.6) is 0 Å². The van der Waals surface area contributed by atoms with E-state index in [0.29, 0.717) is 0 Å². The van der Waals surface area contributed by atoms with E-state index in [4.69, 9.17) is 0 Å². The second kappa shape index (κ2) is 3.85. The predicted octanol–water partition coefficient (Wildman–Crippen LogP) is 0.534. The molecule has 9 heavy (non-hydrogen) atoms. The summed E-state index contributed by atoms with van der Waals surface area (Å²) < 4.78 is 22.5. The van der Waals surface area contributed by atoms with Crippen LogP contribution < -0.4 is 0 Å². The zero-order valence-corrected chi connectivity index (χ0v) is 6.20. The van der Waals surface area contributed by atoms with Gasteiger partial charge in [0.2, 0.25) is 10.0 Å². The van der Waals surface area contributed by atoms with Crippen LogP contribution in [0.3, 0.4) is 0 Å². The summed E-state index contributed by atoms with van der Waals surface area (Å²) in [6.07, 6.45) is 0. The molecule has 0 atom stereocenters. The van der Waals surface area contributed by atoms with Crippen LogP contribution in [0.15, 0.2) is 0 Å². The largest absolute Gasteiger partial charge is 0.213 e. The van der Waals surface area contributed by atoms with E-state index < -0.39 is 10.0 Å². The molecular formula is C5H15NO2S. The second-order valence-electron chi connectivity index (χ2n) is 1.68. The third-order valence-corrected chi connectivity index (χ3v) is 2.76. The Balaban J connectivity index is 0. The first-order valence-corrected chi connectivity index (χ1v) is 4.02. The fourth-order valence-electron chi connectivity index (χ4n) is 0.258. The second-order valence-corrected chi connectivity index (χ2v) is 4.15. The molecule has 0 heterocycles. The number of hydrogen-bond donors (Lipinski definition) is 0. The number of rotatable bonds is 2. The Kier molecular flexibility index (Phi) is 4.99. The van der Waals surface area contributed by atoms with Crippen LogP contribution in [0.25, 0.3) is 0 Å². The van der Waals surface area contributed by atoms with Crippen molar-refractivity contribution >= 4 is 10.0 Å². The van der Waals surface area contributed by atoms with Crippen molar-refractivity contribution < 1.29 is 8.42 Å². The summed E-state index contributed by atoms with van der Waals surface area (Å²) in [4.78, 5) is 0. The van der Waals surface area contributed by atoms with Crippen LogP contribution in [0.1, 0.15) is 14.4 Å². The fourth-order valence-corrected chi connectivity index (χ4v) is 0.775. The third-order valence-electron chi connectivity index (χ3n) is 0.921. The van der Waals surface area contributed by atoms with Crippen LogP contribution >= 0.6 is 0 Å². The summed E-state index contributed by atoms with van der Waals surface area (Å²) >= 11 is 0. The minimum atomic E-state index is -2.90. The van der Waals surface area contributed by atoms with Crippen molar-refractivity contribution in [2.75, 3.05) is 19.8 Å². The summed E-state index contributed by atoms with van der Waals surface area (Å²) in [5.74, 6) is 0.181. The van der Waals surface area contributed by atoms with E-state index >= 15 is 0 Å². The first-order chi connectivity index (χ1) is 3.50. The van der Waals surface area contributed by atoms with Gasteiger partial charge < -0.3 is 0 Å². The van der Waals surface area contributed by atoms with Gasteiger partial charge in [-0.2, -0.15) is 0 Å². The Morgan fingerprint density at radius 1 is 1.33 bits per heavy atom. The van der Waals surface area contributed by atoms with E-state index in [-0.39, 0.29) is 13.2 Å². The van der Waals surface area contributed by atoms with Gasteiger partial charge >= 0.3 is 0 Å². The Labute approximate surface area is 57.7 Å². The van der Waals surface area contributed by atoms with Gasteiger partial charge in [0.1, 0.15) is 0 Å². The van der Waals surface area contributed by atoms with Crippen LogP contribution in [-0.4, -0.2) is 32.6 Å². The van der Waals surface area contributed by atoms with E-state index in [9.17, 15) is 8.42 Å². The van der Waals surface area contributed by atoms with Crippen LogP contribution in [0, 0.1) is 0 Å². The van der Waals surface area contributed by atoms with Crippen LogP contribution in [-0.2, 0) is 10.0 Å². The Bertz CT molecular complexity index is 148.